The minimum atomic E-state index is -1.51. The molecule has 1 aliphatic heterocycles. The van der Waals surface area contributed by atoms with Gasteiger partial charge in [-0.1, -0.05) is 12.1 Å². The molecule has 0 N–H and O–H groups in total. The molecule has 0 aromatic heterocycles. The maximum atomic E-state index is 14.0. The van der Waals surface area contributed by atoms with Crippen LogP contribution < -0.4 is 4.74 Å². The van der Waals surface area contributed by atoms with Gasteiger partial charge in [0.1, 0.15) is 5.82 Å². The van der Waals surface area contributed by atoms with Crippen molar-refractivity contribution < 1.29 is 27.6 Å². The van der Waals surface area contributed by atoms with E-state index in [0.717, 1.165) is 11.6 Å². The number of hydrogen-bond acceptors (Lipinski definition) is 5. The first kappa shape index (κ1) is 22.5. The molecule has 3 rings (SSSR count). The van der Waals surface area contributed by atoms with Crippen LogP contribution in [0.5, 0.6) is 5.75 Å². The first-order valence-electron chi connectivity index (χ1n) is 9.70. The summed E-state index contributed by atoms with van der Waals surface area (Å²) in [5.41, 5.74) is 0.190. The molecule has 0 bridgehead atoms. The second-order valence-electron chi connectivity index (χ2n) is 7.56. The number of piperazine rings is 1. The van der Waals surface area contributed by atoms with Gasteiger partial charge in [-0.2, -0.15) is 4.39 Å². The average molecular weight is 437 g/mol. The van der Waals surface area contributed by atoms with Gasteiger partial charge in [0.2, 0.25) is 11.6 Å². The van der Waals surface area contributed by atoms with Crippen LogP contribution in [0.15, 0.2) is 36.4 Å². The number of nitro groups is 1. The van der Waals surface area contributed by atoms with Gasteiger partial charge < -0.3 is 9.64 Å². The molecule has 0 unspecified atom stereocenters. The minimum absolute atomic E-state index is 0.0227. The van der Waals surface area contributed by atoms with E-state index in [9.17, 15) is 28.1 Å². The Labute approximate surface area is 177 Å². The molecule has 2 aromatic carbocycles. The monoisotopic (exact) mass is 437 g/mol. The second-order valence-corrected chi connectivity index (χ2v) is 7.56. The second kappa shape index (κ2) is 9.34. The van der Waals surface area contributed by atoms with Gasteiger partial charge in [-0.05, 0) is 37.6 Å². The average Bonchev–Trinajstić information content (AvgIpc) is 2.72. The molecule has 2 aromatic rings. The fourth-order valence-corrected chi connectivity index (χ4v) is 3.61. The van der Waals surface area contributed by atoms with E-state index in [-0.39, 0.29) is 17.9 Å². The molecule has 2 atom stereocenters. The van der Waals surface area contributed by atoms with Gasteiger partial charge >= 0.3 is 5.69 Å². The summed E-state index contributed by atoms with van der Waals surface area (Å²) >= 11 is 0. The van der Waals surface area contributed by atoms with Crippen molar-refractivity contribution in [1.82, 2.24) is 9.80 Å². The van der Waals surface area contributed by atoms with Gasteiger partial charge in [0.15, 0.2) is 12.4 Å². The van der Waals surface area contributed by atoms with Crippen LogP contribution in [-0.2, 0) is 11.3 Å². The van der Waals surface area contributed by atoms with Crippen molar-refractivity contribution in [2.75, 3.05) is 19.7 Å². The third-order valence-electron chi connectivity index (χ3n) is 5.30. The first-order chi connectivity index (χ1) is 14.7. The summed E-state index contributed by atoms with van der Waals surface area (Å²) in [7, 11) is 0. The lowest BCUT2D eigenvalue weighted by molar-refractivity contribution is -0.386. The molecule has 166 valence electrons. The van der Waals surface area contributed by atoms with E-state index in [1.165, 1.54) is 12.1 Å². The maximum absolute atomic E-state index is 14.0. The molecule has 1 heterocycles. The maximum Gasteiger partial charge on any atom is 0.314 e. The van der Waals surface area contributed by atoms with Crippen LogP contribution in [0.2, 0.25) is 0 Å². The van der Waals surface area contributed by atoms with Gasteiger partial charge in [0, 0.05) is 37.8 Å². The molecule has 0 aliphatic carbocycles. The molecular weight excluding hydrogens is 415 g/mol. The van der Waals surface area contributed by atoms with E-state index in [1.54, 1.807) is 17.0 Å². The minimum Gasteiger partial charge on any atom is -0.475 e. The van der Waals surface area contributed by atoms with Crippen molar-refractivity contribution in [3.8, 4) is 5.75 Å². The third kappa shape index (κ3) is 5.13. The van der Waals surface area contributed by atoms with Gasteiger partial charge in [-0.15, -0.1) is 0 Å². The molecule has 0 radical (unpaired) electrons. The number of rotatable bonds is 6. The molecule has 1 fully saturated rings. The van der Waals surface area contributed by atoms with Crippen LogP contribution in [0.4, 0.5) is 18.9 Å². The van der Waals surface area contributed by atoms with Gasteiger partial charge in [-0.3, -0.25) is 19.8 Å². The Kier molecular flexibility index (Phi) is 6.79. The summed E-state index contributed by atoms with van der Waals surface area (Å²) in [6.45, 7) is 4.61. The molecule has 1 amide bonds. The Bertz CT molecular complexity index is 971. The summed E-state index contributed by atoms with van der Waals surface area (Å²) in [6, 6.07) is 7.39. The zero-order valence-corrected chi connectivity index (χ0v) is 17.1. The van der Waals surface area contributed by atoms with E-state index in [1.807, 2.05) is 13.8 Å². The number of nitro benzene ring substituents is 1. The summed E-state index contributed by atoms with van der Waals surface area (Å²) in [6.07, 6.45) is 0. The van der Waals surface area contributed by atoms with Crippen LogP contribution in [0.3, 0.4) is 0 Å². The molecule has 0 saturated carbocycles. The quantitative estimate of drug-likeness (QED) is 0.511. The Morgan fingerprint density at radius 1 is 1.10 bits per heavy atom. The fraction of sp³-hybridized carbons (Fsp3) is 0.381. The zero-order valence-electron chi connectivity index (χ0n) is 17.1. The third-order valence-corrected chi connectivity index (χ3v) is 5.30. The molecule has 7 nitrogen and oxygen atoms in total. The molecule has 31 heavy (non-hydrogen) atoms. The van der Waals surface area contributed by atoms with Crippen LogP contribution in [0, 0.1) is 27.6 Å². The van der Waals surface area contributed by atoms with Crippen molar-refractivity contribution in [3.05, 3.63) is 69.5 Å². The Hall–Kier alpha value is -3.14. The lowest BCUT2D eigenvalue weighted by Gasteiger charge is -2.44. The standard InChI is InChI=1S/C21H22F3N3O4/c1-13-10-26(14(2)9-25(13)11-15-3-5-16(22)6-4-15)19(28)12-31-21-18(27(29)30)8-7-17(23)20(21)24/h3-8,13-14H,9-12H2,1-2H3/t13-,14+/m0/s1. The fourth-order valence-electron chi connectivity index (χ4n) is 3.61. The highest BCUT2D eigenvalue weighted by Crippen LogP contribution is 2.31. The molecule has 1 aliphatic rings. The topological polar surface area (TPSA) is 75.9 Å². The smallest absolute Gasteiger partial charge is 0.314 e. The summed E-state index contributed by atoms with van der Waals surface area (Å²) in [5, 5.41) is 11.0. The lowest BCUT2D eigenvalue weighted by Crippen LogP contribution is -2.58. The van der Waals surface area contributed by atoms with E-state index < -0.39 is 40.5 Å². The van der Waals surface area contributed by atoms with Gasteiger partial charge in [-0.25, -0.2) is 8.78 Å². The number of amides is 1. The predicted molar refractivity (Wildman–Crippen MR) is 106 cm³/mol. The number of carbonyl (C=O) groups excluding carboxylic acids is 1. The van der Waals surface area contributed by atoms with E-state index in [2.05, 4.69) is 4.90 Å². The lowest BCUT2D eigenvalue weighted by atomic mass is 10.1. The number of carbonyl (C=O) groups is 1. The van der Waals surface area contributed by atoms with Gasteiger partial charge in [0.25, 0.3) is 5.91 Å². The SMILES string of the molecule is C[C@@H]1CN(Cc2ccc(F)cc2)[C@@H](C)CN1C(=O)COc1c([N+](=O)[O-])ccc(F)c1F. The largest absolute Gasteiger partial charge is 0.475 e. The van der Waals surface area contributed by atoms with Crippen LogP contribution in [0.25, 0.3) is 0 Å². The van der Waals surface area contributed by atoms with Crippen molar-refractivity contribution in [2.45, 2.75) is 32.5 Å². The number of halogens is 3. The van der Waals surface area contributed by atoms with E-state index in [4.69, 9.17) is 4.74 Å². The number of benzene rings is 2. The summed E-state index contributed by atoms with van der Waals surface area (Å²) in [5.74, 6) is -4.50. The Morgan fingerprint density at radius 3 is 2.42 bits per heavy atom. The highest BCUT2D eigenvalue weighted by molar-refractivity contribution is 5.78. The number of nitrogens with zero attached hydrogens (tertiary/aromatic N) is 3. The van der Waals surface area contributed by atoms with Crippen molar-refractivity contribution >= 4 is 11.6 Å². The molecule has 10 heteroatoms. The van der Waals surface area contributed by atoms with E-state index >= 15 is 0 Å². The van der Waals surface area contributed by atoms with Gasteiger partial charge in [0.05, 0.1) is 4.92 Å². The highest BCUT2D eigenvalue weighted by atomic mass is 19.2. The Balaban J connectivity index is 1.64. The van der Waals surface area contributed by atoms with Crippen LogP contribution in [0.1, 0.15) is 19.4 Å². The molecular formula is C21H22F3N3O4. The summed E-state index contributed by atoms with van der Waals surface area (Å²) in [4.78, 5) is 26.5. The van der Waals surface area contributed by atoms with Crippen molar-refractivity contribution in [3.63, 3.8) is 0 Å². The number of hydrogen-bond donors (Lipinski definition) is 0. The zero-order chi connectivity index (χ0) is 22.7. The first-order valence-corrected chi connectivity index (χ1v) is 9.70. The predicted octanol–water partition coefficient (Wildman–Crippen LogP) is 3.51. The number of ether oxygens (including phenoxy) is 1. The van der Waals surface area contributed by atoms with Crippen molar-refractivity contribution in [2.24, 2.45) is 0 Å². The van der Waals surface area contributed by atoms with Crippen LogP contribution >= 0.6 is 0 Å². The summed E-state index contributed by atoms with van der Waals surface area (Å²) < 4.78 is 45.6. The highest BCUT2D eigenvalue weighted by Gasteiger charge is 2.33. The van der Waals surface area contributed by atoms with Crippen molar-refractivity contribution in [1.29, 1.82) is 0 Å². The van der Waals surface area contributed by atoms with Crippen LogP contribution in [-0.4, -0.2) is 52.4 Å². The normalized spacial score (nSPS) is 19.3. The van der Waals surface area contributed by atoms with E-state index in [0.29, 0.717) is 25.7 Å². The Morgan fingerprint density at radius 2 is 1.77 bits per heavy atom. The molecule has 1 saturated heterocycles. The molecule has 0 spiro atoms.